The maximum absolute atomic E-state index is 13.5. The van der Waals surface area contributed by atoms with Crippen LogP contribution in [0.25, 0.3) is 5.76 Å². The fourth-order valence-electron chi connectivity index (χ4n) is 4.50. The van der Waals surface area contributed by atoms with Crippen LogP contribution in [0.5, 0.6) is 0 Å². The van der Waals surface area contributed by atoms with Crippen molar-refractivity contribution in [1.29, 1.82) is 0 Å². The van der Waals surface area contributed by atoms with Gasteiger partial charge in [-0.15, -0.1) is 0 Å². The number of hydrogen-bond donors (Lipinski definition) is 1. The van der Waals surface area contributed by atoms with Gasteiger partial charge in [0.1, 0.15) is 5.76 Å². The quantitative estimate of drug-likeness (QED) is 0.278. The zero-order chi connectivity index (χ0) is 24.8. The molecule has 0 aromatic heterocycles. The summed E-state index contributed by atoms with van der Waals surface area (Å²) in [5, 5.41) is 11.6. The smallest absolute Gasteiger partial charge is 0.300 e. The van der Waals surface area contributed by atoms with Crippen LogP contribution in [0.15, 0.2) is 72.3 Å². The van der Waals surface area contributed by atoms with Crippen molar-refractivity contribution in [3.8, 4) is 0 Å². The Balaban J connectivity index is 2.00. The van der Waals surface area contributed by atoms with E-state index in [1.165, 1.54) is 4.90 Å². The Hall–Kier alpha value is -3.66. The molecule has 3 aromatic carbocycles. The summed E-state index contributed by atoms with van der Waals surface area (Å²) in [5.41, 5.74) is 5.77. The molecule has 0 radical (unpaired) electrons. The Kier molecular flexibility index (Phi) is 5.94. The number of ketones is 1. The molecule has 1 aliphatic rings. The molecule has 34 heavy (non-hydrogen) atoms. The SMILES string of the molecule is Cc1ccc(C)c(N2C(=O)C(=O)/C(=C(/O)c3cc(C(C)(C)C)ccc3C)C2c2ccccc2)c1. The van der Waals surface area contributed by atoms with E-state index >= 15 is 0 Å². The Morgan fingerprint density at radius 2 is 1.50 bits per heavy atom. The molecule has 4 heteroatoms. The second kappa shape index (κ2) is 8.60. The van der Waals surface area contributed by atoms with Crippen LogP contribution < -0.4 is 4.90 Å². The summed E-state index contributed by atoms with van der Waals surface area (Å²) >= 11 is 0. The molecule has 1 N–H and O–H groups in total. The van der Waals surface area contributed by atoms with Gasteiger partial charge in [-0.25, -0.2) is 0 Å². The lowest BCUT2D eigenvalue weighted by molar-refractivity contribution is -0.132. The number of amides is 1. The number of aliphatic hydroxyl groups excluding tert-OH is 1. The van der Waals surface area contributed by atoms with E-state index in [2.05, 4.69) is 20.8 Å². The summed E-state index contributed by atoms with van der Waals surface area (Å²) < 4.78 is 0. The van der Waals surface area contributed by atoms with Gasteiger partial charge in [0, 0.05) is 11.3 Å². The summed E-state index contributed by atoms with van der Waals surface area (Å²) in [4.78, 5) is 28.4. The van der Waals surface area contributed by atoms with Gasteiger partial charge in [-0.3, -0.25) is 14.5 Å². The fourth-order valence-corrected chi connectivity index (χ4v) is 4.50. The normalized spacial score (nSPS) is 17.9. The van der Waals surface area contributed by atoms with Gasteiger partial charge in [-0.1, -0.05) is 75.4 Å². The van der Waals surface area contributed by atoms with Crippen molar-refractivity contribution < 1.29 is 14.7 Å². The Morgan fingerprint density at radius 1 is 0.853 bits per heavy atom. The molecular weight excluding hydrogens is 422 g/mol. The largest absolute Gasteiger partial charge is 0.507 e. The van der Waals surface area contributed by atoms with Crippen molar-refractivity contribution in [3.05, 3.63) is 106 Å². The first kappa shape index (κ1) is 23.5. The van der Waals surface area contributed by atoms with E-state index in [0.717, 1.165) is 27.8 Å². The van der Waals surface area contributed by atoms with Crippen LogP contribution in [0.3, 0.4) is 0 Å². The molecule has 1 unspecified atom stereocenters. The van der Waals surface area contributed by atoms with Gasteiger partial charge < -0.3 is 5.11 Å². The molecule has 1 atom stereocenters. The van der Waals surface area contributed by atoms with Crippen LogP contribution in [-0.2, 0) is 15.0 Å². The van der Waals surface area contributed by atoms with Crippen molar-refractivity contribution >= 4 is 23.1 Å². The van der Waals surface area contributed by atoms with Crippen LogP contribution in [0, 0.1) is 20.8 Å². The second-order valence-corrected chi connectivity index (χ2v) is 10.1. The monoisotopic (exact) mass is 453 g/mol. The van der Waals surface area contributed by atoms with Gasteiger partial charge in [0.25, 0.3) is 11.7 Å². The molecule has 3 aromatic rings. The molecule has 1 aliphatic heterocycles. The first-order valence-electron chi connectivity index (χ1n) is 11.6. The molecule has 4 rings (SSSR count). The number of nitrogens with zero attached hydrogens (tertiary/aromatic N) is 1. The molecule has 1 amide bonds. The highest BCUT2D eigenvalue weighted by atomic mass is 16.3. The second-order valence-electron chi connectivity index (χ2n) is 10.1. The van der Waals surface area contributed by atoms with Crippen LogP contribution in [0.4, 0.5) is 5.69 Å². The molecule has 1 heterocycles. The Morgan fingerprint density at radius 3 is 2.15 bits per heavy atom. The molecule has 174 valence electrons. The highest BCUT2D eigenvalue weighted by Gasteiger charge is 2.47. The minimum absolute atomic E-state index is 0.117. The number of carbonyl (C=O) groups excluding carboxylic acids is 2. The summed E-state index contributed by atoms with van der Waals surface area (Å²) in [5.74, 6) is -1.44. The number of aliphatic hydroxyl groups is 1. The predicted molar refractivity (Wildman–Crippen MR) is 137 cm³/mol. The van der Waals surface area contributed by atoms with E-state index in [-0.39, 0.29) is 16.7 Å². The van der Waals surface area contributed by atoms with Crippen LogP contribution in [0.1, 0.15) is 60.2 Å². The number of hydrogen-bond acceptors (Lipinski definition) is 3. The van der Waals surface area contributed by atoms with Gasteiger partial charge in [0.15, 0.2) is 0 Å². The van der Waals surface area contributed by atoms with E-state index in [1.54, 1.807) is 0 Å². The third-order valence-corrected chi connectivity index (χ3v) is 6.54. The number of Topliss-reactive ketones (excluding diaryl/α,β-unsaturated/α-hetero) is 1. The van der Waals surface area contributed by atoms with Crippen LogP contribution >= 0.6 is 0 Å². The first-order valence-corrected chi connectivity index (χ1v) is 11.6. The van der Waals surface area contributed by atoms with Gasteiger partial charge in [0.2, 0.25) is 0 Å². The maximum atomic E-state index is 13.5. The molecule has 4 nitrogen and oxygen atoms in total. The summed E-state index contributed by atoms with van der Waals surface area (Å²) in [6, 6.07) is 20.5. The van der Waals surface area contributed by atoms with E-state index < -0.39 is 17.7 Å². The number of carbonyl (C=O) groups is 2. The zero-order valence-corrected chi connectivity index (χ0v) is 20.6. The lowest BCUT2D eigenvalue weighted by atomic mass is 9.84. The fraction of sp³-hybridized carbons (Fsp3) is 0.267. The van der Waals surface area contributed by atoms with Crippen molar-refractivity contribution in [3.63, 3.8) is 0 Å². The van der Waals surface area contributed by atoms with E-state index in [1.807, 2.05) is 87.5 Å². The third-order valence-electron chi connectivity index (χ3n) is 6.54. The average molecular weight is 454 g/mol. The van der Waals surface area contributed by atoms with E-state index in [0.29, 0.717) is 11.3 Å². The van der Waals surface area contributed by atoms with E-state index in [9.17, 15) is 14.7 Å². The minimum atomic E-state index is -0.723. The highest BCUT2D eigenvalue weighted by molar-refractivity contribution is 6.51. The van der Waals surface area contributed by atoms with Gasteiger partial charge in [-0.05, 0) is 66.1 Å². The lowest BCUT2D eigenvalue weighted by Crippen LogP contribution is -2.30. The average Bonchev–Trinajstić information content (AvgIpc) is 3.05. The van der Waals surface area contributed by atoms with Gasteiger partial charge in [-0.2, -0.15) is 0 Å². The van der Waals surface area contributed by atoms with Crippen LogP contribution in [-0.4, -0.2) is 16.8 Å². The topological polar surface area (TPSA) is 57.6 Å². The molecule has 0 bridgehead atoms. The Labute approximate surface area is 201 Å². The third kappa shape index (κ3) is 4.05. The van der Waals surface area contributed by atoms with Gasteiger partial charge >= 0.3 is 0 Å². The minimum Gasteiger partial charge on any atom is -0.507 e. The van der Waals surface area contributed by atoms with Gasteiger partial charge in [0.05, 0.1) is 11.6 Å². The Bertz CT molecular complexity index is 1310. The van der Waals surface area contributed by atoms with Crippen molar-refractivity contribution in [2.45, 2.75) is 53.0 Å². The van der Waals surface area contributed by atoms with Crippen molar-refractivity contribution in [2.75, 3.05) is 4.90 Å². The maximum Gasteiger partial charge on any atom is 0.300 e. The number of rotatable bonds is 3. The molecule has 0 spiro atoms. The zero-order valence-electron chi connectivity index (χ0n) is 20.6. The van der Waals surface area contributed by atoms with Crippen LogP contribution in [0.2, 0.25) is 0 Å². The molecule has 0 aliphatic carbocycles. The summed E-state index contributed by atoms with van der Waals surface area (Å²) in [7, 11) is 0. The molecule has 0 saturated carbocycles. The van der Waals surface area contributed by atoms with Crippen molar-refractivity contribution in [2.24, 2.45) is 0 Å². The summed E-state index contributed by atoms with van der Waals surface area (Å²) in [6.45, 7) is 12.1. The number of anilines is 1. The molecule has 1 fully saturated rings. The number of aryl methyl sites for hydroxylation is 3. The predicted octanol–water partition coefficient (Wildman–Crippen LogP) is 6.54. The van der Waals surface area contributed by atoms with Crippen molar-refractivity contribution in [1.82, 2.24) is 0 Å². The molecule has 1 saturated heterocycles. The van der Waals surface area contributed by atoms with E-state index in [4.69, 9.17) is 0 Å². The standard InChI is InChI=1S/C30H31NO3/c1-18-12-13-20(3)24(16-18)31-26(21-10-8-7-9-11-21)25(28(33)29(31)34)27(32)23-17-22(30(4,5)6)15-14-19(23)2/h7-17,26,32H,1-6H3/b27-25+. The summed E-state index contributed by atoms with van der Waals surface area (Å²) in [6.07, 6.45) is 0. The highest BCUT2D eigenvalue weighted by Crippen LogP contribution is 2.43. The lowest BCUT2D eigenvalue weighted by Gasteiger charge is -2.27. The molecular formula is C30H31NO3. The first-order chi connectivity index (χ1) is 16.0. The number of benzene rings is 3.